The summed E-state index contributed by atoms with van der Waals surface area (Å²) in [6, 6.07) is 5.47. The lowest BCUT2D eigenvalue weighted by Crippen LogP contribution is -2.30. The van der Waals surface area contributed by atoms with Crippen LogP contribution in [-0.2, 0) is 6.61 Å². The molecule has 2 rings (SSSR count). The van der Waals surface area contributed by atoms with Crippen molar-refractivity contribution < 1.29 is 10.2 Å². The molecule has 1 saturated heterocycles. The minimum atomic E-state index is -0.633. The summed E-state index contributed by atoms with van der Waals surface area (Å²) < 4.78 is 0. The van der Waals surface area contributed by atoms with Gasteiger partial charge in [-0.1, -0.05) is 11.6 Å². The van der Waals surface area contributed by atoms with Gasteiger partial charge in [-0.3, -0.25) is 0 Å². The van der Waals surface area contributed by atoms with Crippen molar-refractivity contribution in [1.82, 2.24) is 0 Å². The predicted molar refractivity (Wildman–Crippen MR) is 64.8 cm³/mol. The second-order valence-electron chi connectivity index (χ2n) is 4.60. The smallest absolute Gasteiger partial charge is 0.0810 e. The molecule has 4 heteroatoms. The molecule has 0 bridgehead atoms. The van der Waals surface area contributed by atoms with Crippen molar-refractivity contribution in [2.24, 2.45) is 0 Å². The molecule has 0 aromatic heterocycles. The maximum Gasteiger partial charge on any atom is 0.0810 e. The van der Waals surface area contributed by atoms with Crippen LogP contribution in [0.1, 0.15) is 18.9 Å². The highest BCUT2D eigenvalue weighted by Gasteiger charge is 2.32. The number of halogens is 1. The molecule has 1 unspecified atom stereocenters. The van der Waals surface area contributed by atoms with Crippen LogP contribution >= 0.6 is 11.6 Å². The van der Waals surface area contributed by atoms with E-state index in [4.69, 9.17) is 11.6 Å². The van der Waals surface area contributed by atoms with Gasteiger partial charge < -0.3 is 15.1 Å². The third-order valence-electron chi connectivity index (χ3n) is 3.00. The number of β-amino-alcohol motifs (C(OH)–C–C–N with tert-alkyl or cyclic N) is 1. The fourth-order valence-electron chi connectivity index (χ4n) is 2.14. The summed E-state index contributed by atoms with van der Waals surface area (Å²) in [5.74, 6) is 0. The lowest BCUT2D eigenvalue weighted by atomic mass is 10.1. The summed E-state index contributed by atoms with van der Waals surface area (Å²) in [4.78, 5) is 2.09. The van der Waals surface area contributed by atoms with Crippen LogP contribution in [0.3, 0.4) is 0 Å². The van der Waals surface area contributed by atoms with Gasteiger partial charge in [0.05, 0.1) is 12.2 Å². The van der Waals surface area contributed by atoms with Gasteiger partial charge in [-0.2, -0.15) is 0 Å². The number of aliphatic hydroxyl groups excluding tert-OH is 1. The number of benzene rings is 1. The van der Waals surface area contributed by atoms with E-state index in [1.165, 1.54) is 0 Å². The Morgan fingerprint density at radius 3 is 2.81 bits per heavy atom. The molecule has 0 aliphatic carbocycles. The first-order valence-electron chi connectivity index (χ1n) is 5.38. The lowest BCUT2D eigenvalue weighted by Gasteiger charge is -2.23. The second kappa shape index (κ2) is 4.24. The monoisotopic (exact) mass is 241 g/mol. The summed E-state index contributed by atoms with van der Waals surface area (Å²) in [5.41, 5.74) is 1.14. The Hall–Kier alpha value is -0.770. The van der Waals surface area contributed by atoms with Gasteiger partial charge in [0, 0.05) is 29.4 Å². The van der Waals surface area contributed by atoms with E-state index in [1.807, 2.05) is 19.1 Å². The number of hydrogen-bond acceptors (Lipinski definition) is 3. The Labute approximate surface area is 100 Å². The minimum Gasteiger partial charge on any atom is -0.392 e. The number of anilines is 1. The summed E-state index contributed by atoms with van der Waals surface area (Å²) in [5, 5.41) is 19.8. The Bertz CT molecular complexity index is 393. The molecule has 16 heavy (non-hydrogen) atoms. The van der Waals surface area contributed by atoms with Crippen LogP contribution in [0.15, 0.2) is 18.2 Å². The molecule has 1 aromatic carbocycles. The van der Waals surface area contributed by atoms with Crippen LogP contribution in [0.2, 0.25) is 5.02 Å². The molecular weight excluding hydrogens is 226 g/mol. The molecule has 0 radical (unpaired) electrons. The number of hydrogen-bond donors (Lipinski definition) is 2. The topological polar surface area (TPSA) is 43.7 Å². The zero-order chi connectivity index (χ0) is 11.8. The molecule has 1 aliphatic rings. The van der Waals surface area contributed by atoms with Crippen molar-refractivity contribution in [2.45, 2.75) is 25.6 Å². The first-order valence-corrected chi connectivity index (χ1v) is 5.76. The molecule has 1 aliphatic heterocycles. The third kappa shape index (κ3) is 2.32. The van der Waals surface area contributed by atoms with E-state index in [0.717, 1.165) is 24.2 Å². The van der Waals surface area contributed by atoms with E-state index in [1.54, 1.807) is 6.07 Å². The number of rotatable bonds is 2. The molecule has 1 fully saturated rings. The standard InChI is InChI=1S/C12H16ClNO2/c1-12(16)4-5-14(8-12)11-3-2-10(13)6-9(11)7-15/h2-3,6,15-16H,4-5,7-8H2,1H3. The molecule has 2 N–H and O–H groups in total. The maximum atomic E-state index is 9.91. The highest BCUT2D eigenvalue weighted by molar-refractivity contribution is 6.30. The van der Waals surface area contributed by atoms with Crippen LogP contribution in [0.5, 0.6) is 0 Å². The Morgan fingerprint density at radius 1 is 1.50 bits per heavy atom. The van der Waals surface area contributed by atoms with Gasteiger partial charge in [-0.25, -0.2) is 0 Å². The van der Waals surface area contributed by atoms with Crippen LogP contribution in [0.25, 0.3) is 0 Å². The Balaban J connectivity index is 2.27. The molecule has 1 atom stereocenters. The summed E-state index contributed by atoms with van der Waals surface area (Å²) in [7, 11) is 0. The molecule has 0 spiro atoms. The normalized spacial score (nSPS) is 25.1. The second-order valence-corrected chi connectivity index (χ2v) is 5.04. The van der Waals surface area contributed by atoms with E-state index in [0.29, 0.717) is 11.6 Å². The molecule has 1 aromatic rings. The van der Waals surface area contributed by atoms with Crippen molar-refractivity contribution in [2.75, 3.05) is 18.0 Å². The highest BCUT2D eigenvalue weighted by atomic mass is 35.5. The van der Waals surface area contributed by atoms with Crippen molar-refractivity contribution in [3.8, 4) is 0 Å². The van der Waals surface area contributed by atoms with Crippen molar-refractivity contribution >= 4 is 17.3 Å². The van der Waals surface area contributed by atoms with E-state index >= 15 is 0 Å². The zero-order valence-corrected chi connectivity index (χ0v) is 10.0. The Kier molecular flexibility index (Phi) is 3.10. The highest BCUT2D eigenvalue weighted by Crippen LogP contribution is 2.30. The molecule has 0 amide bonds. The van der Waals surface area contributed by atoms with Gasteiger partial charge in [0.15, 0.2) is 0 Å². The van der Waals surface area contributed by atoms with E-state index in [2.05, 4.69) is 4.90 Å². The zero-order valence-electron chi connectivity index (χ0n) is 9.28. The van der Waals surface area contributed by atoms with Crippen LogP contribution in [0.4, 0.5) is 5.69 Å². The predicted octanol–water partition coefficient (Wildman–Crippen LogP) is 1.79. The van der Waals surface area contributed by atoms with Crippen molar-refractivity contribution in [3.63, 3.8) is 0 Å². The van der Waals surface area contributed by atoms with Crippen LogP contribution in [-0.4, -0.2) is 28.9 Å². The van der Waals surface area contributed by atoms with Gasteiger partial charge in [0.2, 0.25) is 0 Å². The fraction of sp³-hybridized carbons (Fsp3) is 0.500. The molecule has 0 saturated carbocycles. The number of aliphatic hydroxyl groups is 2. The van der Waals surface area contributed by atoms with Gasteiger partial charge in [0.1, 0.15) is 0 Å². The lowest BCUT2D eigenvalue weighted by molar-refractivity contribution is 0.0839. The summed E-state index contributed by atoms with van der Waals surface area (Å²) in [6.07, 6.45) is 0.750. The number of nitrogens with zero attached hydrogens (tertiary/aromatic N) is 1. The van der Waals surface area contributed by atoms with E-state index < -0.39 is 5.60 Å². The maximum absolute atomic E-state index is 9.91. The SMILES string of the molecule is CC1(O)CCN(c2ccc(Cl)cc2CO)C1. The first-order chi connectivity index (χ1) is 7.52. The quantitative estimate of drug-likeness (QED) is 0.830. The summed E-state index contributed by atoms with van der Waals surface area (Å²) in [6.45, 7) is 3.21. The van der Waals surface area contributed by atoms with Crippen molar-refractivity contribution in [1.29, 1.82) is 0 Å². The van der Waals surface area contributed by atoms with Crippen LogP contribution < -0.4 is 4.90 Å². The largest absolute Gasteiger partial charge is 0.392 e. The summed E-state index contributed by atoms with van der Waals surface area (Å²) >= 11 is 5.88. The van der Waals surface area contributed by atoms with Gasteiger partial charge in [-0.05, 0) is 31.5 Å². The molecular formula is C12H16ClNO2. The van der Waals surface area contributed by atoms with E-state index in [9.17, 15) is 10.2 Å². The average Bonchev–Trinajstić information content (AvgIpc) is 2.58. The molecule has 1 heterocycles. The van der Waals surface area contributed by atoms with Crippen LogP contribution in [0, 0.1) is 0 Å². The third-order valence-corrected chi connectivity index (χ3v) is 3.24. The fourth-order valence-corrected chi connectivity index (χ4v) is 2.33. The average molecular weight is 242 g/mol. The first kappa shape index (κ1) is 11.7. The molecule has 3 nitrogen and oxygen atoms in total. The van der Waals surface area contributed by atoms with Gasteiger partial charge >= 0.3 is 0 Å². The Morgan fingerprint density at radius 2 is 2.25 bits per heavy atom. The van der Waals surface area contributed by atoms with Gasteiger partial charge in [0.25, 0.3) is 0 Å². The van der Waals surface area contributed by atoms with Crippen molar-refractivity contribution in [3.05, 3.63) is 28.8 Å². The van der Waals surface area contributed by atoms with Gasteiger partial charge in [-0.15, -0.1) is 0 Å². The molecule has 88 valence electrons. The van der Waals surface area contributed by atoms with E-state index in [-0.39, 0.29) is 6.61 Å². The minimum absolute atomic E-state index is 0.0332.